The van der Waals surface area contributed by atoms with Gasteiger partial charge in [-0.05, 0) is 71.4 Å². The summed E-state index contributed by atoms with van der Waals surface area (Å²) in [6.45, 7) is 24.7. The van der Waals surface area contributed by atoms with Gasteiger partial charge in [-0.25, -0.2) is 13.1 Å². The van der Waals surface area contributed by atoms with Crippen molar-refractivity contribution in [1.29, 1.82) is 0 Å². The molecular formula is C37H55NO4SSi2. The van der Waals surface area contributed by atoms with Gasteiger partial charge in [0.15, 0.2) is 8.32 Å². The molecule has 8 heteroatoms. The Morgan fingerprint density at radius 3 is 1.73 bits per heavy atom. The maximum atomic E-state index is 13.8. The molecule has 246 valence electrons. The Balaban J connectivity index is 2.05. The number of sulfonamides is 1. The van der Waals surface area contributed by atoms with E-state index in [2.05, 4.69) is 114 Å². The quantitative estimate of drug-likeness (QED) is 0.133. The van der Waals surface area contributed by atoms with Gasteiger partial charge in [-0.15, -0.1) is 6.58 Å². The van der Waals surface area contributed by atoms with Crippen molar-refractivity contribution in [3.8, 4) is 0 Å². The molecule has 0 saturated carbocycles. The Kier molecular flexibility index (Phi) is 12.4. The van der Waals surface area contributed by atoms with Crippen molar-refractivity contribution in [2.75, 3.05) is 13.2 Å². The summed E-state index contributed by atoms with van der Waals surface area (Å²) >= 11 is 0. The molecule has 3 rings (SSSR count). The van der Waals surface area contributed by atoms with E-state index < -0.39 is 32.7 Å². The van der Waals surface area contributed by atoms with Gasteiger partial charge in [-0.3, -0.25) is 0 Å². The average molecular weight is 666 g/mol. The summed E-state index contributed by atoms with van der Waals surface area (Å²) < 4.78 is 44.6. The molecule has 0 aliphatic carbocycles. The highest BCUT2D eigenvalue weighted by atomic mass is 32.2. The van der Waals surface area contributed by atoms with Crippen LogP contribution < -0.4 is 15.1 Å². The maximum Gasteiger partial charge on any atom is 0.261 e. The van der Waals surface area contributed by atoms with E-state index in [1.54, 1.807) is 12.1 Å². The van der Waals surface area contributed by atoms with Crippen molar-refractivity contribution in [2.45, 2.75) is 95.4 Å². The lowest BCUT2D eigenvalue weighted by molar-refractivity contribution is 0.190. The second kappa shape index (κ2) is 15.0. The largest absolute Gasteiger partial charge is 0.417 e. The van der Waals surface area contributed by atoms with Gasteiger partial charge >= 0.3 is 0 Å². The van der Waals surface area contributed by atoms with Gasteiger partial charge in [-0.1, -0.05) is 126 Å². The van der Waals surface area contributed by atoms with Crippen LogP contribution >= 0.6 is 0 Å². The molecule has 2 atom stereocenters. The number of allylic oxidation sites excluding steroid dienone is 1. The topological polar surface area (TPSA) is 64.6 Å². The van der Waals surface area contributed by atoms with Crippen molar-refractivity contribution < 1.29 is 17.3 Å². The lowest BCUT2D eigenvalue weighted by Gasteiger charge is -2.44. The smallest absolute Gasteiger partial charge is 0.261 e. The van der Waals surface area contributed by atoms with Crippen LogP contribution in [-0.4, -0.2) is 44.3 Å². The Morgan fingerprint density at radius 2 is 1.29 bits per heavy atom. The molecule has 0 aliphatic heterocycles. The van der Waals surface area contributed by atoms with Crippen LogP contribution in [0.25, 0.3) is 0 Å². The summed E-state index contributed by atoms with van der Waals surface area (Å²) in [5.41, 5.74) is 1.01. The number of aryl methyl sites for hydroxylation is 1. The van der Waals surface area contributed by atoms with Gasteiger partial charge in [0.2, 0.25) is 10.0 Å². The molecule has 0 aliphatic rings. The molecule has 0 saturated heterocycles. The molecule has 3 aromatic carbocycles. The zero-order chi connectivity index (χ0) is 33.5. The Morgan fingerprint density at radius 1 is 0.778 bits per heavy atom. The van der Waals surface area contributed by atoms with Gasteiger partial charge in [0, 0.05) is 12.6 Å². The van der Waals surface area contributed by atoms with Crippen molar-refractivity contribution in [3.05, 3.63) is 103 Å². The fourth-order valence-electron chi connectivity index (χ4n) is 5.56. The van der Waals surface area contributed by atoms with Gasteiger partial charge in [-0.2, -0.15) is 0 Å². The standard InChI is InChI=1S/C37H55NO4SSi2/c1-11-18-31(28-41-44(9,10)36(3,4)5)27-32(38-43(39,40)33-25-23-30(2)24-26-33)29-42-45(37(6,7)8,34-19-14-12-15-20-34)35-21-16-13-17-22-35/h11-17,19-26,31-32,38H,1,18,27-29H2,2-10H3/t31-,32+/m1/s1. The zero-order valence-corrected chi connectivity index (χ0v) is 31.7. The highest BCUT2D eigenvalue weighted by Gasteiger charge is 2.50. The SMILES string of the molecule is C=CC[C@@H](CO[Si](C)(C)C(C)(C)C)C[C@@H](CO[Si](c1ccccc1)(c1ccccc1)C(C)(C)C)NS(=O)(=O)c1ccc(C)cc1. The van der Waals surface area contributed by atoms with Crippen LogP contribution in [0.4, 0.5) is 0 Å². The lowest BCUT2D eigenvalue weighted by Crippen LogP contribution is -2.67. The van der Waals surface area contributed by atoms with Crippen LogP contribution in [0.3, 0.4) is 0 Å². The summed E-state index contributed by atoms with van der Waals surface area (Å²) in [4.78, 5) is 0.251. The lowest BCUT2D eigenvalue weighted by atomic mass is 9.98. The van der Waals surface area contributed by atoms with E-state index in [1.165, 1.54) is 0 Å². The molecule has 1 N–H and O–H groups in total. The third-order valence-corrected chi connectivity index (χ3v) is 20.2. The highest BCUT2D eigenvalue weighted by molar-refractivity contribution is 7.89. The molecule has 0 radical (unpaired) electrons. The number of rotatable bonds is 15. The molecule has 45 heavy (non-hydrogen) atoms. The minimum Gasteiger partial charge on any atom is -0.417 e. The molecule has 0 spiro atoms. The van der Waals surface area contributed by atoms with Crippen molar-refractivity contribution >= 4 is 37.0 Å². The van der Waals surface area contributed by atoms with E-state index in [4.69, 9.17) is 8.85 Å². The minimum absolute atomic E-state index is 0.0740. The zero-order valence-electron chi connectivity index (χ0n) is 28.9. The number of benzene rings is 3. The molecule has 3 aromatic rings. The van der Waals surface area contributed by atoms with Crippen molar-refractivity contribution in [3.63, 3.8) is 0 Å². The molecule has 0 unspecified atom stereocenters. The van der Waals surface area contributed by atoms with Crippen LogP contribution in [0.2, 0.25) is 23.2 Å². The van der Waals surface area contributed by atoms with E-state index in [0.29, 0.717) is 13.0 Å². The third kappa shape index (κ3) is 9.36. The fraction of sp³-hybridized carbons (Fsp3) is 0.459. The number of nitrogens with one attached hydrogen (secondary N) is 1. The first-order valence-corrected chi connectivity index (χ1v) is 22.3. The molecule has 0 fully saturated rings. The molecule has 5 nitrogen and oxygen atoms in total. The van der Waals surface area contributed by atoms with E-state index >= 15 is 0 Å². The van der Waals surface area contributed by atoms with Crippen molar-refractivity contribution in [1.82, 2.24) is 4.72 Å². The van der Waals surface area contributed by atoms with E-state index in [0.717, 1.165) is 22.4 Å². The molecule has 0 amide bonds. The van der Waals surface area contributed by atoms with Crippen LogP contribution in [0, 0.1) is 12.8 Å². The number of hydrogen-bond donors (Lipinski definition) is 1. The molecule has 0 aromatic heterocycles. The van der Waals surface area contributed by atoms with Crippen molar-refractivity contribution in [2.24, 2.45) is 5.92 Å². The summed E-state index contributed by atoms with van der Waals surface area (Å²) in [5.74, 6) is 0.0742. The monoisotopic (exact) mass is 665 g/mol. The fourth-order valence-corrected chi connectivity index (χ4v) is 12.5. The van der Waals surface area contributed by atoms with Gasteiger partial charge in [0.25, 0.3) is 8.32 Å². The van der Waals surface area contributed by atoms with Gasteiger partial charge in [0.1, 0.15) is 0 Å². The summed E-state index contributed by atoms with van der Waals surface area (Å²) in [7, 11) is -8.72. The second-order valence-electron chi connectivity index (χ2n) is 14.8. The Bertz CT molecular complexity index is 1420. The van der Waals surface area contributed by atoms with Crippen LogP contribution in [0.15, 0.2) is 102 Å². The Labute approximate surface area is 275 Å². The Hall–Kier alpha value is -2.34. The molecule has 0 bridgehead atoms. The average Bonchev–Trinajstić information content (AvgIpc) is 2.96. The summed E-state index contributed by atoms with van der Waals surface area (Å²) in [6, 6.07) is 27.4. The maximum absolute atomic E-state index is 13.8. The highest BCUT2D eigenvalue weighted by Crippen LogP contribution is 2.38. The summed E-state index contributed by atoms with van der Waals surface area (Å²) in [5, 5.41) is 2.16. The normalized spacial score (nSPS) is 14.6. The molecule has 0 heterocycles. The van der Waals surface area contributed by atoms with Crippen LogP contribution in [0.1, 0.15) is 59.9 Å². The molecular weight excluding hydrogens is 611 g/mol. The number of hydrogen-bond acceptors (Lipinski definition) is 4. The summed E-state index contributed by atoms with van der Waals surface area (Å²) in [6.07, 6.45) is 3.19. The predicted octanol–water partition coefficient (Wildman–Crippen LogP) is 7.82. The van der Waals surface area contributed by atoms with E-state index in [-0.39, 0.29) is 27.5 Å². The minimum atomic E-state index is -3.81. The van der Waals surface area contributed by atoms with E-state index in [1.807, 2.05) is 37.3 Å². The first kappa shape index (κ1) is 37.1. The predicted molar refractivity (Wildman–Crippen MR) is 195 cm³/mol. The second-order valence-corrected chi connectivity index (χ2v) is 25.6. The first-order chi connectivity index (χ1) is 20.9. The van der Waals surface area contributed by atoms with Gasteiger partial charge < -0.3 is 8.85 Å². The van der Waals surface area contributed by atoms with E-state index in [9.17, 15) is 8.42 Å². The van der Waals surface area contributed by atoms with Crippen LogP contribution in [-0.2, 0) is 18.9 Å². The first-order valence-electron chi connectivity index (χ1n) is 16.0. The van der Waals surface area contributed by atoms with Crippen LogP contribution in [0.5, 0.6) is 0 Å². The van der Waals surface area contributed by atoms with Gasteiger partial charge in [0.05, 0.1) is 11.5 Å². The third-order valence-electron chi connectivity index (χ3n) is 9.17.